The summed E-state index contributed by atoms with van der Waals surface area (Å²) in [6.45, 7) is 6.11. The van der Waals surface area contributed by atoms with Crippen molar-refractivity contribution in [3.05, 3.63) is 84.6 Å². The van der Waals surface area contributed by atoms with Gasteiger partial charge in [-0.1, -0.05) is 38.6 Å². The smallest absolute Gasteiger partial charge is 0.324 e. The monoisotopic (exact) mass is 543 g/mol. The molecule has 0 spiro atoms. The van der Waals surface area contributed by atoms with Crippen LogP contribution in [0.15, 0.2) is 78.2 Å². The number of ether oxygens (including phenoxy) is 1. The fraction of sp³-hybridized carbons (Fsp3) is 0.179. The number of urea groups is 1. The van der Waals surface area contributed by atoms with Crippen LogP contribution in [0.5, 0.6) is 11.6 Å². The minimum absolute atomic E-state index is 0.0527. The van der Waals surface area contributed by atoms with E-state index in [2.05, 4.69) is 25.6 Å². The molecule has 5 rings (SSSR count). The molecule has 2 aromatic carbocycles. The van der Waals surface area contributed by atoms with Gasteiger partial charge >= 0.3 is 6.03 Å². The molecule has 0 atom stereocenters. The van der Waals surface area contributed by atoms with E-state index >= 15 is 0 Å². The Kier molecular flexibility index (Phi) is 7.16. The molecule has 5 aromatic rings. The van der Waals surface area contributed by atoms with Crippen molar-refractivity contribution in [2.75, 3.05) is 16.9 Å². The molecule has 0 fully saturated rings. The van der Waals surface area contributed by atoms with E-state index in [1.54, 1.807) is 29.2 Å². The second-order valence-corrected chi connectivity index (χ2v) is 10.4. The molecule has 0 aliphatic rings. The van der Waals surface area contributed by atoms with Gasteiger partial charge in [-0.3, -0.25) is 10.3 Å². The van der Waals surface area contributed by atoms with Gasteiger partial charge in [0.25, 0.3) is 0 Å². The van der Waals surface area contributed by atoms with Crippen LogP contribution in [-0.4, -0.2) is 37.0 Å². The Morgan fingerprint density at radius 1 is 1.00 bits per heavy atom. The van der Waals surface area contributed by atoms with Gasteiger partial charge in [-0.25, -0.2) is 18.9 Å². The van der Waals surface area contributed by atoms with Gasteiger partial charge in [0.2, 0.25) is 5.88 Å². The second-order valence-electron chi connectivity index (χ2n) is 9.66. The quantitative estimate of drug-likeness (QED) is 0.179. The summed E-state index contributed by atoms with van der Waals surface area (Å²) in [7, 11) is 0. The van der Waals surface area contributed by atoms with Crippen molar-refractivity contribution >= 4 is 40.2 Å². The van der Waals surface area contributed by atoms with Crippen LogP contribution in [0, 0.1) is 5.82 Å². The molecule has 11 heteroatoms. The summed E-state index contributed by atoms with van der Waals surface area (Å²) in [4.78, 5) is 25.8. The lowest BCUT2D eigenvalue weighted by Crippen LogP contribution is -2.22. The topological polar surface area (TPSA) is 107 Å². The van der Waals surface area contributed by atoms with E-state index in [1.165, 1.54) is 30.0 Å². The number of aromatic nitrogens is 5. The maximum absolute atomic E-state index is 14.6. The molecule has 0 saturated carbocycles. The van der Waals surface area contributed by atoms with Crippen LogP contribution in [0.3, 0.4) is 0 Å². The Bertz CT molecular complexity index is 1670. The number of carbonyl (C=O) groups excluding carboxylic acids is 1. The highest BCUT2D eigenvalue weighted by Crippen LogP contribution is 2.29. The highest BCUT2D eigenvalue weighted by molar-refractivity contribution is 7.98. The number of rotatable bonds is 6. The van der Waals surface area contributed by atoms with Crippen LogP contribution < -0.4 is 15.4 Å². The zero-order valence-corrected chi connectivity index (χ0v) is 22.6. The highest BCUT2D eigenvalue weighted by atomic mass is 32.2. The molecule has 0 bridgehead atoms. The number of pyridine rings is 1. The molecule has 2 amide bonds. The second kappa shape index (κ2) is 10.7. The lowest BCUT2D eigenvalue weighted by Gasteiger charge is -2.14. The van der Waals surface area contributed by atoms with Crippen LogP contribution in [0.2, 0.25) is 0 Å². The largest absolute Gasteiger partial charge is 0.439 e. The summed E-state index contributed by atoms with van der Waals surface area (Å²) in [6, 6.07) is 16.4. The number of hydrogen-bond acceptors (Lipinski definition) is 7. The van der Waals surface area contributed by atoms with Gasteiger partial charge in [0.15, 0.2) is 5.16 Å². The predicted octanol–water partition coefficient (Wildman–Crippen LogP) is 6.81. The average Bonchev–Trinajstić information content (AvgIpc) is 3.34. The first-order chi connectivity index (χ1) is 18.7. The fourth-order valence-electron chi connectivity index (χ4n) is 3.76. The van der Waals surface area contributed by atoms with Crippen molar-refractivity contribution in [3.8, 4) is 17.3 Å². The first-order valence-electron chi connectivity index (χ1n) is 12.1. The van der Waals surface area contributed by atoms with Crippen molar-refractivity contribution in [1.82, 2.24) is 24.7 Å². The van der Waals surface area contributed by atoms with Gasteiger partial charge in [-0.05, 0) is 42.7 Å². The van der Waals surface area contributed by atoms with E-state index in [0.29, 0.717) is 22.6 Å². The van der Waals surface area contributed by atoms with Crippen molar-refractivity contribution in [3.63, 3.8) is 0 Å². The molecule has 0 aliphatic carbocycles. The molecule has 2 N–H and O–H groups in total. The van der Waals surface area contributed by atoms with E-state index in [0.717, 1.165) is 22.3 Å². The van der Waals surface area contributed by atoms with E-state index in [-0.39, 0.29) is 11.1 Å². The van der Waals surface area contributed by atoms with Crippen LogP contribution in [0.4, 0.5) is 20.7 Å². The van der Waals surface area contributed by atoms with Crippen molar-refractivity contribution in [1.29, 1.82) is 0 Å². The van der Waals surface area contributed by atoms with Gasteiger partial charge in [-0.2, -0.15) is 10.1 Å². The number of hydrogen-bond donors (Lipinski definition) is 2. The number of anilines is 2. The summed E-state index contributed by atoms with van der Waals surface area (Å²) in [6.07, 6.45) is 5.16. The average molecular weight is 544 g/mol. The number of benzene rings is 2. The first-order valence-corrected chi connectivity index (χ1v) is 13.3. The Balaban J connectivity index is 1.40. The SMILES string of the molecule is CSc1nccc(Oc2ccc(F)c(NC(=O)Nc3cc(C(C)(C)C)nn3-c3ccc4ncccc4c3)c2)n1. The number of nitrogens with zero attached hydrogens (tertiary/aromatic N) is 5. The molecule has 198 valence electrons. The molecule has 0 saturated heterocycles. The van der Waals surface area contributed by atoms with E-state index < -0.39 is 11.8 Å². The van der Waals surface area contributed by atoms with Crippen LogP contribution in [-0.2, 0) is 5.41 Å². The van der Waals surface area contributed by atoms with Crippen molar-refractivity contribution in [2.24, 2.45) is 0 Å². The zero-order valence-electron chi connectivity index (χ0n) is 21.8. The standard InChI is InChI=1S/C28H26FN7O2S/c1-28(2,3)23-16-24(36(35-23)18-7-10-21-17(14-18)6-5-12-30-21)33-26(37)32-22-15-19(8-9-20(22)29)38-25-11-13-31-27(34-25)39-4/h5-16H,1-4H3,(H2,32,33,37). The van der Waals surface area contributed by atoms with Gasteiger partial charge < -0.3 is 10.1 Å². The van der Waals surface area contributed by atoms with Crippen LogP contribution in [0.25, 0.3) is 16.6 Å². The molecule has 0 aliphatic heterocycles. The predicted molar refractivity (Wildman–Crippen MR) is 150 cm³/mol. The third-order valence-electron chi connectivity index (χ3n) is 5.75. The lowest BCUT2D eigenvalue weighted by molar-refractivity contribution is 0.262. The summed E-state index contributed by atoms with van der Waals surface area (Å²) < 4.78 is 22.0. The highest BCUT2D eigenvalue weighted by Gasteiger charge is 2.22. The summed E-state index contributed by atoms with van der Waals surface area (Å²) in [5.74, 6) is 0.429. The molecule has 3 aromatic heterocycles. The van der Waals surface area contributed by atoms with Crippen molar-refractivity contribution in [2.45, 2.75) is 31.3 Å². The Hall–Kier alpha value is -4.51. The molecule has 39 heavy (non-hydrogen) atoms. The van der Waals surface area contributed by atoms with Gasteiger partial charge in [0, 0.05) is 41.4 Å². The number of halogens is 1. The number of thioether (sulfide) groups is 1. The maximum Gasteiger partial charge on any atom is 0.324 e. The maximum atomic E-state index is 14.6. The normalized spacial score (nSPS) is 11.4. The Morgan fingerprint density at radius 2 is 1.85 bits per heavy atom. The Morgan fingerprint density at radius 3 is 2.64 bits per heavy atom. The first kappa shape index (κ1) is 26.1. The number of carbonyl (C=O) groups is 1. The Labute approximate surface area is 228 Å². The summed E-state index contributed by atoms with van der Waals surface area (Å²) in [5, 5.41) is 11.6. The van der Waals surface area contributed by atoms with Gasteiger partial charge in [-0.15, -0.1) is 0 Å². The van der Waals surface area contributed by atoms with Gasteiger partial charge in [0.1, 0.15) is 17.4 Å². The van der Waals surface area contributed by atoms with E-state index in [9.17, 15) is 9.18 Å². The minimum Gasteiger partial charge on any atom is -0.439 e. The number of amides is 2. The minimum atomic E-state index is -0.637. The van der Waals surface area contributed by atoms with Gasteiger partial charge in [0.05, 0.1) is 22.6 Å². The van der Waals surface area contributed by atoms with Crippen LogP contribution >= 0.6 is 11.8 Å². The van der Waals surface area contributed by atoms with Crippen molar-refractivity contribution < 1.29 is 13.9 Å². The number of nitrogens with one attached hydrogen (secondary N) is 2. The summed E-state index contributed by atoms with van der Waals surface area (Å²) in [5.41, 5.74) is 2.05. The number of fused-ring (bicyclic) bond motifs is 1. The molecule has 9 nitrogen and oxygen atoms in total. The zero-order chi connectivity index (χ0) is 27.6. The van der Waals surface area contributed by atoms with E-state index in [1.807, 2.05) is 57.4 Å². The summed E-state index contributed by atoms with van der Waals surface area (Å²) >= 11 is 1.37. The molecule has 0 unspecified atom stereocenters. The third-order valence-corrected chi connectivity index (χ3v) is 6.31. The molecular formula is C28H26FN7O2S. The van der Waals surface area contributed by atoms with Crippen LogP contribution in [0.1, 0.15) is 26.5 Å². The van der Waals surface area contributed by atoms with E-state index in [4.69, 9.17) is 9.84 Å². The molecular weight excluding hydrogens is 517 g/mol. The molecule has 0 radical (unpaired) electrons. The third kappa shape index (κ3) is 5.99. The molecule has 3 heterocycles. The lowest BCUT2D eigenvalue weighted by atomic mass is 9.92. The fourth-order valence-corrected chi connectivity index (χ4v) is 4.11.